The van der Waals surface area contributed by atoms with Gasteiger partial charge in [0.2, 0.25) is 0 Å². The van der Waals surface area contributed by atoms with Crippen LogP contribution in [0.3, 0.4) is 0 Å². The average Bonchev–Trinajstić information content (AvgIpc) is 3.50. The fraction of sp³-hybridized carbons (Fsp3) is 0.0909. The highest BCUT2D eigenvalue weighted by molar-refractivity contribution is 8.02. The van der Waals surface area contributed by atoms with Crippen LogP contribution in [0.5, 0.6) is 0 Å². The molecule has 3 aromatic heterocycles. The number of nitriles is 1. The van der Waals surface area contributed by atoms with E-state index in [0.29, 0.717) is 38.3 Å². The summed E-state index contributed by atoms with van der Waals surface area (Å²) < 4.78 is 0. The summed E-state index contributed by atoms with van der Waals surface area (Å²) in [5.41, 5.74) is 3.91. The molecule has 0 spiro atoms. The molecular weight excluding hydrogens is 464 g/mol. The van der Waals surface area contributed by atoms with Crippen LogP contribution in [0.15, 0.2) is 69.6 Å². The fourth-order valence-corrected chi connectivity index (χ4v) is 5.55. The zero-order chi connectivity index (χ0) is 22.1. The number of hydrogen-bond donors (Lipinski definition) is 3. The number of nitrogens with zero attached hydrogens (tertiary/aromatic N) is 3. The summed E-state index contributed by atoms with van der Waals surface area (Å²) in [6, 6.07) is 13.5. The van der Waals surface area contributed by atoms with Crippen molar-refractivity contribution in [3.05, 3.63) is 97.1 Å². The van der Waals surface area contributed by atoms with Crippen molar-refractivity contribution in [2.24, 2.45) is 0 Å². The summed E-state index contributed by atoms with van der Waals surface area (Å²) in [5, 5.41) is 24.6. The minimum absolute atomic E-state index is 0.244. The number of halogens is 1. The molecule has 0 fully saturated rings. The van der Waals surface area contributed by atoms with Gasteiger partial charge in [-0.25, -0.2) is 4.98 Å². The molecule has 0 saturated carbocycles. The molecule has 10 heteroatoms. The van der Waals surface area contributed by atoms with Crippen molar-refractivity contribution in [3.8, 4) is 16.6 Å². The maximum atomic E-state index is 12.6. The van der Waals surface area contributed by atoms with E-state index in [9.17, 15) is 10.1 Å². The number of aromatic nitrogens is 4. The lowest BCUT2D eigenvalue weighted by atomic mass is 9.87. The standard InChI is InChI=1S/C22H15ClN6OS2/c23-13-3-1-12(2-4-13)21-27-14(10-31-21)11-32-22-15(9-24)18(17-6-8-26-29-17)19-16(28-22)5-7-25-20(19)30/h1-8,10,18,28H,11H2,(H,25,30)(H,26,29). The number of anilines is 1. The van der Waals surface area contributed by atoms with Crippen LogP contribution in [0.25, 0.3) is 10.6 Å². The number of H-pyrrole nitrogens is 2. The Balaban J connectivity index is 1.45. The van der Waals surface area contributed by atoms with Gasteiger partial charge in [-0.1, -0.05) is 23.7 Å². The molecule has 1 unspecified atom stereocenters. The number of benzene rings is 1. The molecule has 0 bridgehead atoms. The first-order valence-corrected chi connectivity index (χ1v) is 11.8. The maximum absolute atomic E-state index is 12.6. The summed E-state index contributed by atoms with van der Waals surface area (Å²) in [6.07, 6.45) is 3.28. The minimum Gasteiger partial charge on any atom is -0.349 e. The summed E-state index contributed by atoms with van der Waals surface area (Å²) in [5.74, 6) is 0.0265. The highest BCUT2D eigenvalue weighted by atomic mass is 35.5. The summed E-state index contributed by atoms with van der Waals surface area (Å²) in [4.78, 5) is 20.0. The second-order valence-electron chi connectivity index (χ2n) is 6.99. The van der Waals surface area contributed by atoms with E-state index in [2.05, 4.69) is 26.6 Å². The van der Waals surface area contributed by atoms with E-state index in [1.54, 1.807) is 35.9 Å². The molecule has 3 N–H and O–H groups in total. The quantitative estimate of drug-likeness (QED) is 0.368. The number of hydrogen-bond acceptors (Lipinski definition) is 7. The zero-order valence-corrected chi connectivity index (χ0v) is 18.8. The second-order valence-corrected chi connectivity index (χ2v) is 9.27. The summed E-state index contributed by atoms with van der Waals surface area (Å²) in [7, 11) is 0. The van der Waals surface area contributed by atoms with E-state index < -0.39 is 5.92 Å². The largest absolute Gasteiger partial charge is 0.349 e. The van der Waals surface area contributed by atoms with Gasteiger partial charge >= 0.3 is 0 Å². The Labute approximate surface area is 196 Å². The monoisotopic (exact) mass is 478 g/mol. The van der Waals surface area contributed by atoms with Gasteiger partial charge in [0.1, 0.15) is 5.01 Å². The van der Waals surface area contributed by atoms with Gasteiger partial charge in [-0.15, -0.1) is 23.1 Å². The van der Waals surface area contributed by atoms with Crippen molar-refractivity contribution in [2.45, 2.75) is 11.7 Å². The third kappa shape index (κ3) is 3.84. The predicted octanol–water partition coefficient (Wildman–Crippen LogP) is 5.10. The summed E-state index contributed by atoms with van der Waals surface area (Å²) in [6.45, 7) is 0. The first-order valence-electron chi connectivity index (χ1n) is 9.59. The minimum atomic E-state index is -0.546. The lowest BCUT2D eigenvalue weighted by Crippen LogP contribution is -2.25. The molecule has 1 aliphatic heterocycles. The molecule has 1 atom stereocenters. The van der Waals surface area contributed by atoms with Crippen molar-refractivity contribution in [1.82, 2.24) is 20.2 Å². The van der Waals surface area contributed by atoms with Crippen molar-refractivity contribution < 1.29 is 0 Å². The molecule has 5 rings (SSSR count). The molecule has 0 saturated heterocycles. The Morgan fingerprint density at radius 3 is 2.78 bits per heavy atom. The number of allylic oxidation sites excluding steroid dienone is 1. The van der Waals surface area contributed by atoms with Crippen molar-refractivity contribution in [3.63, 3.8) is 0 Å². The molecule has 0 aliphatic carbocycles. The number of thiazole rings is 1. The SMILES string of the molecule is N#CC1=C(SCc2csc(-c3ccc(Cl)cc3)n2)Nc2cc[nH]c(=O)c2C1c1cc[nH]n1. The van der Waals surface area contributed by atoms with E-state index in [1.165, 1.54) is 11.8 Å². The Kier molecular flexibility index (Phi) is 5.57. The smallest absolute Gasteiger partial charge is 0.254 e. The van der Waals surface area contributed by atoms with E-state index in [1.807, 2.05) is 29.6 Å². The number of fused-ring (bicyclic) bond motifs is 1. The number of pyridine rings is 1. The maximum Gasteiger partial charge on any atom is 0.254 e. The van der Waals surface area contributed by atoms with Crippen molar-refractivity contribution in [2.75, 3.05) is 5.32 Å². The Bertz CT molecular complexity index is 1400. The molecule has 1 aromatic carbocycles. The zero-order valence-electron chi connectivity index (χ0n) is 16.4. The molecule has 158 valence electrons. The van der Waals surface area contributed by atoms with E-state index in [0.717, 1.165) is 16.3 Å². The number of thioether (sulfide) groups is 1. The van der Waals surface area contributed by atoms with Gasteiger partial charge in [0.05, 0.1) is 45.2 Å². The van der Waals surface area contributed by atoms with Gasteiger partial charge in [0.25, 0.3) is 5.56 Å². The lowest BCUT2D eigenvalue weighted by molar-refractivity contribution is 0.865. The lowest BCUT2D eigenvalue weighted by Gasteiger charge is -2.26. The third-order valence-corrected chi connectivity index (χ3v) is 7.26. The van der Waals surface area contributed by atoms with Crippen LogP contribution in [-0.2, 0) is 5.75 Å². The highest BCUT2D eigenvalue weighted by Crippen LogP contribution is 2.42. The van der Waals surface area contributed by atoms with Crippen LogP contribution in [-0.4, -0.2) is 20.2 Å². The van der Waals surface area contributed by atoms with Crippen LogP contribution >= 0.6 is 34.7 Å². The Hall–Kier alpha value is -3.32. The van der Waals surface area contributed by atoms with Crippen LogP contribution in [0.4, 0.5) is 5.69 Å². The number of nitrogens with one attached hydrogen (secondary N) is 3. The molecule has 32 heavy (non-hydrogen) atoms. The molecule has 1 aliphatic rings. The first-order chi connectivity index (χ1) is 15.6. The molecule has 4 heterocycles. The predicted molar refractivity (Wildman–Crippen MR) is 128 cm³/mol. The molecule has 7 nitrogen and oxygen atoms in total. The van der Waals surface area contributed by atoms with Crippen LogP contribution in [0.2, 0.25) is 5.02 Å². The Morgan fingerprint density at radius 1 is 1.19 bits per heavy atom. The van der Waals surface area contributed by atoms with Crippen LogP contribution in [0, 0.1) is 11.3 Å². The Morgan fingerprint density at radius 2 is 2.03 bits per heavy atom. The van der Waals surface area contributed by atoms with Gasteiger partial charge in [-0.05, 0) is 24.3 Å². The van der Waals surface area contributed by atoms with Gasteiger partial charge in [0.15, 0.2) is 0 Å². The summed E-state index contributed by atoms with van der Waals surface area (Å²) >= 11 is 9.02. The second kappa shape index (κ2) is 8.67. The van der Waals surface area contributed by atoms with Crippen molar-refractivity contribution in [1.29, 1.82) is 5.26 Å². The van der Waals surface area contributed by atoms with Crippen molar-refractivity contribution >= 4 is 40.4 Å². The van der Waals surface area contributed by atoms with E-state index in [-0.39, 0.29) is 5.56 Å². The fourth-order valence-electron chi connectivity index (χ4n) is 3.55. The van der Waals surface area contributed by atoms with Gasteiger partial charge < -0.3 is 10.3 Å². The average molecular weight is 479 g/mol. The van der Waals surface area contributed by atoms with Gasteiger partial charge in [0, 0.05) is 34.1 Å². The highest BCUT2D eigenvalue weighted by Gasteiger charge is 2.33. The van der Waals surface area contributed by atoms with Gasteiger partial charge in [-0.2, -0.15) is 10.4 Å². The van der Waals surface area contributed by atoms with Crippen LogP contribution < -0.4 is 10.9 Å². The number of aromatic amines is 2. The van der Waals surface area contributed by atoms with E-state index >= 15 is 0 Å². The molecular formula is C22H15ClN6OS2. The molecule has 0 amide bonds. The third-order valence-electron chi connectivity index (χ3n) is 5.02. The number of rotatable bonds is 5. The molecule has 0 radical (unpaired) electrons. The molecule has 4 aromatic rings. The van der Waals surface area contributed by atoms with Gasteiger partial charge in [-0.3, -0.25) is 9.89 Å². The topological polar surface area (TPSA) is 110 Å². The van der Waals surface area contributed by atoms with E-state index in [4.69, 9.17) is 16.6 Å². The normalized spacial score (nSPS) is 15.2. The first kappa shape index (κ1) is 20.6. The van der Waals surface area contributed by atoms with Crippen LogP contribution in [0.1, 0.15) is 22.9 Å².